The summed E-state index contributed by atoms with van der Waals surface area (Å²) in [5.41, 5.74) is 0.0549. The minimum atomic E-state index is -1.17. The average molecular weight is 710 g/mol. The van der Waals surface area contributed by atoms with Gasteiger partial charge in [0.15, 0.2) is 5.78 Å². The number of ether oxygens (including phenoxy) is 1. The highest BCUT2D eigenvalue weighted by Gasteiger charge is 2.59. The molecule has 0 aromatic heterocycles. The molecule has 1 saturated heterocycles. The normalized spacial score (nSPS) is 22.7. The molecule has 51 heavy (non-hydrogen) atoms. The van der Waals surface area contributed by atoms with Crippen LogP contribution >= 0.6 is 0 Å². The van der Waals surface area contributed by atoms with E-state index in [1.165, 1.54) is 6.92 Å². The van der Waals surface area contributed by atoms with Crippen LogP contribution in [-0.4, -0.2) is 83.5 Å². The summed E-state index contributed by atoms with van der Waals surface area (Å²) in [4.78, 5) is 94.0. The number of benzene rings is 1. The number of carbonyl (C=O) groups excluding carboxylic acids is 7. The molecule has 0 radical (unpaired) electrons. The molecule has 280 valence electrons. The first-order chi connectivity index (χ1) is 24.2. The molecule has 7 atom stereocenters. The van der Waals surface area contributed by atoms with Crippen LogP contribution < -0.4 is 21.3 Å². The van der Waals surface area contributed by atoms with Crippen molar-refractivity contribution in [3.8, 4) is 0 Å². The Labute approximate surface area is 300 Å². The molecule has 0 bridgehead atoms. The molecule has 0 spiro atoms. The zero-order valence-electron chi connectivity index (χ0n) is 30.8. The van der Waals surface area contributed by atoms with Gasteiger partial charge < -0.3 is 30.9 Å². The first-order valence-electron chi connectivity index (χ1n) is 18.4. The number of hydrogen-bond donors (Lipinski definition) is 4. The van der Waals surface area contributed by atoms with Crippen LogP contribution in [0, 0.1) is 23.2 Å². The Bertz CT molecular complexity index is 1460. The number of amides is 5. The van der Waals surface area contributed by atoms with E-state index in [4.69, 9.17) is 4.74 Å². The number of nitrogens with one attached hydrogen (secondary N) is 4. The minimum absolute atomic E-state index is 0.0876. The summed E-state index contributed by atoms with van der Waals surface area (Å²) in [5.74, 6) is -3.65. The maximum absolute atomic E-state index is 14.4. The largest absolute Gasteiger partial charge is 0.446 e. The first-order valence-corrected chi connectivity index (χ1v) is 18.4. The minimum Gasteiger partial charge on any atom is -0.446 e. The Morgan fingerprint density at radius 1 is 0.941 bits per heavy atom. The standard InChI is InChI=1S/C38H55N5O8/c1-7-14-28(32(46)35(48)39-20-29(45)41-30(23(4)44)25-15-10-8-11-16-25)40-34(47)31-27-19-26(27)21-43(31)36(49)33(38(6)17-12-9-13-18-38)42-37(50)51-24(5)22(2)3/h8,10-11,15-16,22,24,26-28,30-31,33H,7,9,12-14,17-21H2,1-6H3,(H,39,48)(H,40,47)(H,41,45)(H,42,50)/t24?,26-,27-,28?,30+,31-,33+/m0/s1. The number of Topliss-reactive ketones (excluding diaryl/α,β-unsaturated/α-hetero) is 2. The van der Waals surface area contributed by atoms with E-state index < -0.39 is 65.7 Å². The molecule has 3 aliphatic rings. The van der Waals surface area contributed by atoms with Gasteiger partial charge in [-0.15, -0.1) is 0 Å². The van der Waals surface area contributed by atoms with Crippen LogP contribution in [0.2, 0.25) is 0 Å². The van der Waals surface area contributed by atoms with Gasteiger partial charge >= 0.3 is 6.09 Å². The number of hydrogen-bond acceptors (Lipinski definition) is 8. The molecule has 1 aliphatic heterocycles. The maximum Gasteiger partial charge on any atom is 0.408 e. The van der Waals surface area contributed by atoms with Gasteiger partial charge in [0.25, 0.3) is 5.91 Å². The predicted molar refractivity (Wildman–Crippen MR) is 189 cm³/mol. The molecule has 1 aromatic rings. The van der Waals surface area contributed by atoms with Gasteiger partial charge in [-0.1, -0.05) is 83.7 Å². The predicted octanol–water partition coefficient (Wildman–Crippen LogP) is 3.36. The van der Waals surface area contributed by atoms with Gasteiger partial charge in [-0.25, -0.2) is 4.79 Å². The van der Waals surface area contributed by atoms with Crippen molar-refractivity contribution < 1.29 is 38.3 Å². The summed E-state index contributed by atoms with van der Waals surface area (Å²) in [5, 5.41) is 10.5. The Hall–Kier alpha value is -4.29. The second-order valence-electron chi connectivity index (χ2n) is 15.2. The smallest absolute Gasteiger partial charge is 0.408 e. The van der Waals surface area contributed by atoms with Crippen LogP contribution in [0.15, 0.2) is 30.3 Å². The third kappa shape index (κ3) is 9.94. The Balaban J connectivity index is 1.42. The zero-order valence-corrected chi connectivity index (χ0v) is 30.8. The van der Waals surface area contributed by atoms with Crippen LogP contribution in [0.3, 0.4) is 0 Å². The summed E-state index contributed by atoms with van der Waals surface area (Å²) < 4.78 is 5.59. The molecule has 2 saturated carbocycles. The number of ketones is 2. The number of rotatable bonds is 16. The number of carbonyl (C=O) groups is 7. The van der Waals surface area contributed by atoms with Crippen molar-refractivity contribution in [1.29, 1.82) is 0 Å². The van der Waals surface area contributed by atoms with Gasteiger partial charge in [-0.05, 0) is 68.3 Å². The van der Waals surface area contributed by atoms with Crippen LogP contribution in [-0.2, 0) is 33.5 Å². The molecule has 3 fully saturated rings. The second kappa shape index (κ2) is 17.3. The van der Waals surface area contributed by atoms with Gasteiger partial charge in [-0.2, -0.15) is 0 Å². The Morgan fingerprint density at radius 3 is 2.22 bits per heavy atom. The van der Waals surface area contributed by atoms with Crippen molar-refractivity contribution in [1.82, 2.24) is 26.2 Å². The highest BCUT2D eigenvalue weighted by molar-refractivity contribution is 6.38. The first kappa shape index (κ1) is 39.5. The summed E-state index contributed by atoms with van der Waals surface area (Å²) in [6.07, 6.45) is 4.74. The van der Waals surface area contributed by atoms with Crippen molar-refractivity contribution in [3.63, 3.8) is 0 Å². The molecule has 4 rings (SSSR count). The molecule has 13 heteroatoms. The molecular formula is C38H55N5O8. The lowest BCUT2D eigenvalue weighted by Crippen LogP contribution is -2.61. The SMILES string of the molecule is CCCC(NC(=O)[C@@H]1[C@H]2C[C@H]2CN1C(=O)[C@@H](NC(=O)OC(C)C(C)C)C1(C)CCCCC1)C(=O)C(=O)NCC(=O)N[C@H](C(C)=O)c1ccccc1. The summed E-state index contributed by atoms with van der Waals surface area (Å²) in [6, 6.07) is 4.82. The topological polar surface area (TPSA) is 180 Å². The number of nitrogens with zero attached hydrogens (tertiary/aromatic N) is 1. The van der Waals surface area contributed by atoms with Gasteiger partial charge in [0.1, 0.15) is 24.2 Å². The quantitative estimate of drug-likeness (QED) is 0.189. The molecular weight excluding hydrogens is 654 g/mol. The zero-order chi connectivity index (χ0) is 37.5. The van der Waals surface area contributed by atoms with E-state index in [0.717, 1.165) is 38.5 Å². The lowest BCUT2D eigenvalue weighted by Gasteiger charge is -2.42. The number of piperidine rings is 1. The monoisotopic (exact) mass is 709 g/mol. The van der Waals surface area contributed by atoms with Gasteiger partial charge in [0, 0.05) is 6.54 Å². The summed E-state index contributed by atoms with van der Waals surface area (Å²) in [6.45, 7) is 10.7. The van der Waals surface area contributed by atoms with E-state index in [0.29, 0.717) is 18.5 Å². The van der Waals surface area contributed by atoms with Crippen LogP contribution in [0.4, 0.5) is 4.79 Å². The van der Waals surface area contributed by atoms with Crippen LogP contribution in [0.1, 0.15) is 105 Å². The van der Waals surface area contributed by atoms with Crippen molar-refractivity contribution in [2.75, 3.05) is 13.1 Å². The molecule has 2 aliphatic carbocycles. The van der Waals surface area contributed by atoms with Gasteiger partial charge in [0.2, 0.25) is 23.5 Å². The summed E-state index contributed by atoms with van der Waals surface area (Å²) >= 11 is 0. The maximum atomic E-state index is 14.4. The molecule has 13 nitrogen and oxygen atoms in total. The van der Waals surface area contributed by atoms with Crippen molar-refractivity contribution in [3.05, 3.63) is 35.9 Å². The molecule has 2 unspecified atom stereocenters. The van der Waals surface area contributed by atoms with Crippen LogP contribution in [0.25, 0.3) is 0 Å². The van der Waals surface area contributed by atoms with E-state index in [9.17, 15) is 33.6 Å². The van der Waals surface area contributed by atoms with Crippen LogP contribution in [0.5, 0.6) is 0 Å². The fourth-order valence-electron chi connectivity index (χ4n) is 7.33. The number of alkyl carbamates (subject to hydrolysis) is 1. The lowest BCUT2D eigenvalue weighted by molar-refractivity contribution is -0.145. The van der Waals surface area contributed by atoms with E-state index in [-0.39, 0.29) is 42.0 Å². The fraction of sp³-hybridized carbons (Fsp3) is 0.658. The van der Waals surface area contributed by atoms with Crippen molar-refractivity contribution in [2.24, 2.45) is 23.2 Å². The second-order valence-corrected chi connectivity index (χ2v) is 15.2. The van der Waals surface area contributed by atoms with Crippen molar-refractivity contribution >= 4 is 41.3 Å². The lowest BCUT2D eigenvalue weighted by atomic mass is 9.70. The Kier molecular flexibility index (Phi) is 13.4. The molecule has 4 N–H and O–H groups in total. The summed E-state index contributed by atoms with van der Waals surface area (Å²) in [7, 11) is 0. The number of likely N-dealkylation sites (tertiary alicyclic amines) is 1. The molecule has 1 aromatic carbocycles. The van der Waals surface area contributed by atoms with Gasteiger partial charge in [0.05, 0.1) is 12.6 Å². The highest BCUT2D eigenvalue weighted by Crippen LogP contribution is 2.50. The van der Waals surface area contributed by atoms with E-state index in [1.807, 2.05) is 27.7 Å². The fourth-order valence-corrected chi connectivity index (χ4v) is 7.33. The highest BCUT2D eigenvalue weighted by atomic mass is 16.6. The number of fused-ring (bicyclic) bond motifs is 1. The molecule has 5 amide bonds. The average Bonchev–Trinajstić information content (AvgIpc) is 3.76. The van der Waals surface area contributed by atoms with E-state index in [2.05, 4.69) is 21.3 Å². The third-order valence-electron chi connectivity index (χ3n) is 10.8. The van der Waals surface area contributed by atoms with Gasteiger partial charge in [-0.3, -0.25) is 28.8 Å². The van der Waals surface area contributed by atoms with E-state index in [1.54, 1.807) is 42.2 Å². The van der Waals surface area contributed by atoms with Crippen molar-refractivity contribution in [2.45, 2.75) is 123 Å². The third-order valence-corrected chi connectivity index (χ3v) is 10.8. The van der Waals surface area contributed by atoms with E-state index >= 15 is 0 Å². The Morgan fingerprint density at radius 2 is 1.61 bits per heavy atom. The molecule has 1 heterocycles.